The van der Waals surface area contributed by atoms with Crippen LogP contribution in [0.25, 0.3) is 0 Å². The van der Waals surface area contributed by atoms with Crippen molar-refractivity contribution in [1.29, 1.82) is 0 Å². The Labute approximate surface area is 229 Å². The van der Waals surface area contributed by atoms with E-state index in [1.807, 2.05) is 87.5 Å². The molecule has 0 unspecified atom stereocenters. The van der Waals surface area contributed by atoms with Gasteiger partial charge >= 0.3 is 0 Å². The number of aliphatic hydroxyl groups is 1. The Bertz CT molecular complexity index is 1090. The van der Waals surface area contributed by atoms with Crippen molar-refractivity contribution in [2.45, 2.75) is 40.3 Å². The Morgan fingerprint density at radius 1 is 0.579 bits per heavy atom. The zero-order valence-electron chi connectivity index (χ0n) is 23.1. The first-order valence-electron chi connectivity index (χ1n) is 13.6. The molecule has 0 aliphatic carbocycles. The van der Waals surface area contributed by atoms with Gasteiger partial charge in [-0.3, -0.25) is 4.90 Å². The molecule has 4 aromatic carbocycles. The van der Waals surface area contributed by atoms with Crippen LogP contribution in [0.15, 0.2) is 115 Å². The minimum Gasteiger partial charge on any atom is -0.490 e. The van der Waals surface area contributed by atoms with Crippen molar-refractivity contribution < 1.29 is 14.6 Å². The maximum atomic E-state index is 9.17. The number of nitrogens with zero attached hydrogens (tertiary/aromatic N) is 1. The second-order valence-electron chi connectivity index (χ2n) is 8.37. The van der Waals surface area contributed by atoms with E-state index < -0.39 is 0 Å². The Balaban J connectivity index is 0.000000252. The first-order chi connectivity index (χ1) is 18.8. The van der Waals surface area contributed by atoms with Crippen LogP contribution in [-0.4, -0.2) is 36.3 Å². The fourth-order valence-electron chi connectivity index (χ4n) is 3.76. The SMILES string of the molecule is CC.CCOc1ccccc1OCc1ccccc1.OCCN(CCc1ccccc1)Cc1ccccc1. The normalized spacial score (nSPS) is 10.0. The van der Waals surface area contributed by atoms with Crippen LogP contribution in [0, 0.1) is 0 Å². The Kier molecular flexibility index (Phi) is 15.7. The zero-order chi connectivity index (χ0) is 27.3. The number of rotatable bonds is 12. The first-order valence-corrected chi connectivity index (χ1v) is 13.6. The van der Waals surface area contributed by atoms with E-state index in [4.69, 9.17) is 9.47 Å². The summed E-state index contributed by atoms with van der Waals surface area (Å²) in [4.78, 5) is 2.29. The lowest BCUT2D eigenvalue weighted by atomic mass is 10.1. The Morgan fingerprint density at radius 3 is 1.58 bits per heavy atom. The van der Waals surface area contributed by atoms with Gasteiger partial charge in [0.05, 0.1) is 13.2 Å². The van der Waals surface area contributed by atoms with Crippen molar-refractivity contribution in [2.75, 3.05) is 26.3 Å². The number of aliphatic hydroxyl groups excluding tert-OH is 1. The van der Waals surface area contributed by atoms with Gasteiger partial charge in [0, 0.05) is 19.6 Å². The highest BCUT2D eigenvalue weighted by atomic mass is 16.5. The molecule has 0 heterocycles. The highest BCUT2D eigenvalue weighted by Gasteiger charge is 2.06. The van der Waals surface area contributed by atoms with E-state index in [2.05, 4.69) is 53.4 Å². The van der Waals surface area contributed by atoms with Crippen molar-refractivity contribution in [3.8, 4) is 11.5 Å². The lowest BCUT2D eigenvalue weighted by Crippen LogP contribution is -2.28. The van der Waals surface area contributed by atoms with Gasteiger partial charge in [0.25, 0.3) is 0 Å². The lowest BCUT2D eigenvalue weighted by Gasteiger charge is -2.21. The summed E-state index contributed by atoms with van der Waals surface area (Å²) >= 11 is 0. The molecule has 0 aromatic heterocycles. The molecule has 4 nitrogen and oxygen atoms in total. The smallest absolute Gasteiger partial charge is 0.161 e. The third kappa shape index (κ3) is 12.1. The maximum Gasteiger partial charge on any atom is 0.161 e. The quantitative estimate of drug-likeness (QED) is 0.214. The van der Waals surface area contributed by atoms with Gasteiger partial charge in [0.15, 0.2) is 11.5 Å². The molecular weight excluding hydrogens is 470 g/mol. The van der Waals surface area contributed by atoms with E-state index in [0.29, 0.717) is 13.2 Å². The number of hydrogen-bond donors (Lipinski definition) is 1. The summed E-state index contributed by atoms with van der Waals surface area (Å²) in [5.41, 5.74) is 3.79. The molecule has 0 saturated heterocycles. The van der Waals surface area contributed by atoms with Crippen LogP contribution in [0.2, 0.25) is 0 Å². The summed E-state index contributed by atoms with van der Waals surface area (Å²) in [6.07, 6.45) is 1.02. The number of benzene rings is 4. The molecule has 0 atom stereocenters. The maximum absolute atomic E-state index is 9.17. The summed E-state index contributed by atoms with van der Waals surface area (Å²) in [5.74, 6) is 1.59. The van der Waals surface area contributed by atoms with Gasteiger partial charge in [-0.25, -0.2) is 0 Å². The van der Waals surface area contributed by atoms with Gasteiger partial charge in [0.1, 0.15) is 6.61 Å². The van der Waals surface area contributed by atoms with Gasteiger partial charge < -0.3 is 14.6 Å². The van der Waals surface area contributed by atoms with Crippen LogP contribution in [0.1, 0.15) is 37.5 Å². The molecular formula is C34H43NO3. The van der Waals surface area contributed by atoms with Crippen LogP contribution >= 0.6 is 0 Å². The second kappa shape index (κ2) is 19.5. The minimum absolute atomic E-state index is 0.210. The van der Waals surface area contributed by atoms with E-state index in [1.54, 1.807) is 0 Å². The van der Waals surface area contributed by atoms with Crippen molar-refractivity contribution in [3.05, 3.63) is 132 Å². The molecule has 4 heteroatoms. The fourth-order valence-corrected chi connectivity index (χ4v) is 3.76. The van der Waals surface area contributed by atoms with Gasteiger partial charge in [-0.2, -0.15) is 0 Å². The zero-order valence-corrected chi connectivity index (χ0v) is 23.1. The van der Waals surface area contributed by atoms with E-state index in [9.17, 15) is 5.11 Å². The highest BCUT2D eigenvalue weighted by molar-refractivity contribution is 5.39. The lowest BCUT2D eigenvalue weighted by molar-refractivity contribution is 0.191. The third-order valence-corrected chi connectivity index (χ3v) is 5.61. The standard InChI is InChI=1S/C17H21NO.C15H16O2.C2H6/c19-14-13-18(15-17-9-5-2-6-10-17)12-11-16-7-3-1-4-8-16;1-2-16-14-10-6-7-11-15(14)17-12-13-8-4-3-5-9-13;1-2/h1-10,19H,11-15H2;3-11H,2,12H2,1H3;1-2H3. The van der Waals surface area contributed by atoms with Crippen molar-refractivity contribution in [3.63, 3.8) is 0 Å². The topological polar surface area (TPSA) is 41.9 Å². The van der Waals surface area contributed by atoms with Crippen molar-refractivity contribution in [2.24, 2.45) is 0 Å². The van der Waals surface area contributed by atoms with Gasteiger partial charge in [-0.1, -0.05) is 117 Å². The Hall–Kier alpha value is -3.60. The first kappa shape index (κ1) is 30.6. The molecule has 4 rings (SSSR count). The van der Waals surface area contributed by atoms with E-state index in [0.717, 1.165) is 43.1 Å². The summed E-state index contributed by atoms with van der Waals surface area (Å²) in [7, 11) is 0. The van der Waals surface area contributed by atoms with E-state index >= 15 is 0 Å². The molecule has 1 N–H and O–H groups in total. The fraction of sp³-hybridized carbons (Fsp3) is 0.294. The van der Waals surface area contributed by atoms with E-state index in [1.165, 1.54) is 11.1 Å². The second-order valence-corrected chi connectivity index (χ2v) is 8.37. The van der Waals surface area contributed by atoms with Crippen molar-refractivity contribution >= 4 is 0 Å². The number of ether oxygens (including phenoxy) is 2. The molecule has 38 heavy (non-hydrogen) atoms. The molecule has 202 valence electrons. The average Bonchev–Trinajstić information content (AvgIpc) is 2.99. The monoisotopic (exact) mass is 513 g/mol. The molecule has 0 bridgehead atoms. The van der Waals surface area contributed by atoms with Crippen LogP contribution in [0.3, 0.4) is 0 Å². The Morgan fingerprint density at radius 2 is 1.05 bits per heavy atom. The van der Waals surface area contributed by atoms with Crippen LogP contribution in [-0.2, 0) is 19.6 Å². The number of para-hydroxylation sites is 2. The largest absolute Gasteiger partial charge is 0.490 e. The minimum atomic E-state index is 0.210. The molecule has 0 aliphatic rings. The number of hydrogen-bond acceptors (Lipinski definition) is 4. The van der Waals surface area contributed by atoms with Crippen LogP contribution < -0.4 is 9.47 Å². The summed E-state index contributed by atoms with van der Waals surface area (Å²) < 4.78 is 11.3. The summed E-state index contributed by atoms with van der Waals surface area (Å²) in [5, 5.41) is 9.17. The molecule has 0 saturated carbocycles. The average molecular weight is 514 g/mol. The third-order valence-electron chi connectivity index (χ3n) is 5.61. The summed E-state index contributed by atoms with van der Waals surface area (Å²) in [6, 6.07) is 38.7. The van der Waals surface area contributed by atoms with Crippen LogP contribution in [0.4, 0.5) is 0 Å². The predicted octanol–water partition coefficient (Wildman–Crippen LogP) is 7.41. The van der Waals surface area contributed by atoms with Crippen LogP contribution in [0.5, 0.6) is 11.5 Å². The molecule has 0 spiro atoms. The van der Waals surface area contributed by atoms with Gasteiger partial charge in [-0.05, 0) is 42.2 Å². The van der Waals surface area contributed by atoms with E-state index in [-0.39, 0.29) is 6.61 Å². The van der Waals surface area contributed by atoms with Gasteiger partial charge in [-0.15, -0.1) is 0 Å². The highest BCUT2D eigenvalue weighted by Crippen LogP contribution is 2.27. The molecule has 0 fully saturated rings. The van der Waals surface area contributed by atoms with Gasteiger partial charge in [0.2, 0.25) is 0 Å². The molecule has 4 aromatic rings. The molecule has 0 radical (unpaired) electrons. The molecule has 0 amide bonds. The van der Waals surface area contributed by atoms with Crippen molar-refractivity contribution in [1.82, 2.24) is 4.90 Å². The molecule has 0 aliphatic heterocycles. The predicted molar refractivity (Wildman–Crippen MR) is 159 cm³/mol. The summed E-state index contributed by atoms with van der Waals surface area (Å²) in [6.45, 7) is 9.97.